The maximum absolute atomic E-state index is 6.49. The Balaban J connectivity index is 1.77. The van der Waals surface area contributed by atoms with Gasteiger partial charge in [0, 0.05) is 13.6 Å². The Kier molecular flexibility index (Phi) is 6.13. The molecule has 0 radical (unpaired) electrons. The van der Waals surface area contributed by atoms with Crippen LogP contribution in [0.15, 0.2) is 36.4 Å². The van der Waals surface area contributed by atoms with Gasteiger partial charge in [-0.1, -0.05) is 41.0 Å². The molecule has 1 heterocycles. The first-order valence-corrected chi connectivity index (χ1v) is 9.05. The summed E-state index contributed by atoms with van der Waals surface area (Å²) in [4.78, 5) is 0. The third kappa shape index (κ3) is 4.68. The predicted molar refractivity (Wildman–Crippen MR) is 104 cm³/mol. The van der Waals surface area contributed by atoms with Crippen molar-refractivity contribution >= 4 is 17.5 Å². The summed E-state index contributed by atoms with van der Waals surface area (Å²) < 4.78 is 13.3. The largest absolute Gasteiger partial charge is 0.490 e. The second kappa shape index (κ2) is 8.73. The molecule has 2 aromatic carbocycles. The molecule has 1 N–H and O–H groups in total. The van der Waals surface area contributed by atoms with Crippen LogP contribution in [0.5, 0.6) is 11.5 Å². The van der Waals surface area contributed by atoms with Gasteiger partial charge >= 0.3 is 0 Å². The van der Waals surface area contributed by atoms with Crippen LogP contribution in [0.4, 0.5) is 5.95 Å². The molecule has 0 atom stereocenters. The average Bonchev–Trinajstić information content (AvgIpc) is 3.06. The fraction of sp³-hybridized carbons (Fsp3) is 0.316. The number of aryl methyl sites for hydroxylation is 2. The van der Waals surface area contributed by atoms with Gasteiger partial charge < -0.3 is 14.8 Å². The van der Waals surface area contributed by atoms with Gasteiger partial charge in [0.1, 0.15) is 6.61 Å². The van der Waals surface area contributed by atoms with Gasteiger partial charge in [0.15, 0.2) is 11.5 Å². The first-order chi connectivity index (χ1) is 13.1. The highest BCUT2D eigenvalue weighted by atomic mass is 35.5. The summed E-state index contributed by atoms with van der Waals surface area (Å²) >= 11 is 6.49. The number of ether oxygens (including phenoxy) is 2. The van der Waals surface area contributed by atoms with Gasteiger partial charge in [-0.3, -0.25) is 0 Å². The van der Waals surface area contributed by atoms with Crippen molar-refractivity contribution in [3.63, 3.8) is 0 Å². The molecule has 0 spiro atoms. The van der Waals surface area contributed by atoms with Gasteiger partial charge in [0.05, 0.1) is 11.6 Å². The molecular formula is C19H22ClN5O2. The Bertz CT molecular complexity index is 913. The van der Waals surface area contributed by atoms with E-state index >= 15 is 0 Å². The Morgan fingerprint density at radius 3 is 2.70 bits per heavy atom. The topological polar surface area (TPSA) is 74.1 Å². The molecule has 3 aromatic rings. The first kappa shape index (κ1) is 19.0. The molecule has 27 heavy (non-hydrogen) atoms. The van der Waals surface area contributed by atoms with Gasteiger partial charge in [-0.25, -0.2) is 4.68 Å². The van der Waals surface area contributed by atoms with Gasteiger partial charge in [-0.2, -0.15) is 0 Å². The fourth-order valence-electron chi connectivity index (χ4n) is 2.61. The Morgan fingerprint density at radius 2 is 2.00 bits per heavy atom. The molecule has 0 bridgehead atoms. The quantitative estimate of drug-likeness (QED) is 0.634. The van der Waals surface area contributed by atoms with Crippen LogP contribution in [-0.4, -0.2) is 26.8 Å². The van der Waals surface area contributed by atoms with Crippen LogP contribution in [0.2, 0.25) is 5.02 Å². The second-order valence-electron chi connectivity index (χ2n) is 6.03. The molecule has 0 amide bonds. The molecule has 7 nitrogen and oxygen atoms in total. The molecule has 8 heteroatoms. The Labute approximate surface area is 163 Å². The highest BCUT2D eigenvalue weighted by molar-refractivity contribution is 6.32. The minimum atomic E-state index is 0.425. The lowest BCUT2D eigenvalue weighted by molar-refractivity contribution is 0.269. The van der Waals surface area contributed by atoms with E-state index in [1.54, 1.807) is 11.7 Å². The van der Waals surface area contributed by atoms with Crippen molar-refractivity contribution in [1.82, 2.24) is 20.2 Å². The van der Waals surface area contributed by atoms with Crippen molar-refractivity contribution < 1.29 is 9.47 Å². The molecule has 0 fully saturated rings. The van der Waals surface area contributed by atoms with Crippen LogP contribution in [-0.2, 0) is 20.2 Å². The lowest BCUT2D eigenvalue weighted by Gasteiger charge is -2.16. The zero-order valence-corrected chi connectivity index (χ0v) is 16.3. The Hall–Kier alpha value is -2.80. The van der Waals surface area contributed by atoms with Crippen LogP contribution in [0, 0.1) is 6.92 Å². The highest BCUT2D eigenvalue weighted by Gasteiger charge is 2.14. The van der Waals surface area contributed by atoms with E-state index < -0.39 is 0 Å². The van der Waals surface area contributed by atoms with Crippen molar-refractivity contribution in [2.75, 3.05) is 11.9 Å². The van der Waals surface area contributed by atoms with Crippen molar-refractivity contribution in [3.05, 3.63) is 58.1 Å². The van der Waals surface area contributed by atoms with E-state index in [-0.39, 0.29) is 0 Å². The minimum absolute atomic E-state index is 0.425. The number of hydrogen-bond acceptors (Lipinski definition) is 6. The van der Waals surface area contributed by atoms with Crippen molar-refractivity contribution in [1.29, 1.82) is 0 Å². The van der Waals surface area contributed by atoms with Gasteiger partial charge in [-0.05, 0) is 53.1 Å². The fourth-order valence-corrected chi connectivity index (χ4v) is 2.90. The van der Waals surface area contributed by atoms with E-state index in [4.69, 9.17) is 21.1 Å². The molecule has 142 valence electrons. The number of nitrogens with one attached hydrogen (secondary N) is 1. The summed E-state index contributed by atoms with van der Waals surface area (Å²) in [5, 5.41) is 15.0. The predicted octanol–water partition coefficient (Wildman–Crippen LogP) is 3.76. The summed E-state index contributed by atoms with van der Waals surface area (Å²) in [5.41, 5.74) is 3.22. The van der Waals surface area contributed by atoms with Crippen LogP contribution in [0.25, 0.3) is 0 Å². The van der Waals surface area contributed by atoms with Gasteiger partial charge in [-0.15, -0.1) is 0 Å². The molecule has 0 aliphatic rings. The normalized spacial score (nSPS) is 10.7. The number of nitrogens with zero attached hydrogens (tertiary/aromatic N) is 4. The standard InChI is InChI=1S/C19H22ClN5O2/c1-4-26-17-10-14(11-21-19-22-23-24-25(19)3)9-16(20)18(17)27-12-15-8-6-5-7-13(15)2/h5-10H,4,11-12H2,1-3H3,(H,21,22,24). The summed E-state index contributed by atoms with van der Waals surface area (Å²) in [5.74, 6) is 1.74. The van der Waals surface area contributed by atoms with E-state index in [1.165, 1.54) is 5.56 Å². The average molecular weight is 388 g/mol. The van der Waals surface area contributed by atoms with E-state index in [0.29, 0.717) is 42.2 Å². The molecule has 0 saturated heterocycles. The van der Waals surface area contributed by atoms with Gasteiger partial charge in [0.25, 0.3) is 0 Å². The van der Waals surface area contributed by atoms with E-state index in [9.17, 15) is 0 Å². The third-order valence-electron chi connectivity index (χ3n) is 4.07. The van der Waals surface area contributed by atoms with Crippen LogP contribution in [0.1, 0.15) is 23.6 Å². The van der Waals surface area contributed by atoms with E-state index in [1.807, 2.05) is 37.3 Å². The van der Waals surface area contributed by atoms with Crippen molar-refractivity contribution in [3.8, 4) is 11.5 Å². The highest BCUT2D eigenvalue weighted by Crippen LogP contribution is 2.37. The zero-order chi connectivity index (χ0) is 19.2. The maximum Gasteiger partial charge on any atom is 0.242 e. The van der Waals surface area contributed by atoms with E-state index in [0.717, 1.165) is 11.1 Å². The van der Waals surface area contributed by atoms with E-state index in [2.05, 4.69) is 33.8 Å². The Morgan fingerprint density at radius 1 is 1.19 bits per heavy atom. The number of rotatable bonds is 8. The first-order valence-electron chi connectivity index (χ1n) is 8.67. The lowest BCUT2D eigenvalue weighted by Crippen LogP contribution is -2.07. The molecular weight excluding hydrogens is 366 g/mol. The SMILES string of the molecule is CCOc1cc(CNc2nnnn2C)cc(Cl)c1OCc1ccccc1C. The molecule has 0 aliphatic heterocycles. The number of tetrazole rings is 1. The van der Waals surface area contributed by atoms with Crippen LogP contribution in [0.3, 0.4) is 0 Å². The third-order valence-corrected chi connectivity index (χ3v) is 4.35. The summed E-state index contributed by atoms with van der Waals surface area (Å²) in [7, 11) is 1.77. The summed E-state index contributed by atoms with van der Waals surface area (Å²) in [6, 6.07) is 11.9. The number of benzene rings is 2. The molecule has 1 aromatic heterocycles. The maximum atomic E-state index is 6.49. The smallest absolute Gasteiger partial charge is 0.242 e. The molecule has 0 unspecified atom stereocenters. The van der Waals surface area contributed by atoms with Crippen LogP contribution < -0.4 is 14.8 Å². The molecule has 0 aliphatic carbocycles. The number of aromatic nitrogens is 4. The molecule has 3 rings (SSSR count). The second-order valence-corrected chi connectivity index (χ2v) is 6.44. The van der Waals surface area contributed by atoms with Gasteiger partial charge in [0.2, 0.25) is 5.95 Å². The minimum Gasteiger partial charge on any atom is -0.490 e. The number of anilines is 1. The monoisotopic (exact) mass is 387 g/mol. The van der Waals surface area contributed by atoms with Crippen molar-refractivity contribution in [2.45, 2.75) is 27.0 Å². The molecule has 0 saturated carbocycles. The van der Waals surface area contributed by atoms with Crippen molar-refractivity contribution in [2.24, 2.45) is 7.05 Å². The zero-order valence-electron chi connectivity index (χ0n) is 15.6. The number of hydrogen-bond donors (Lipinski definition) is 1. The summed E-state index contributed by atoms with van der Waals surface area (Å²) in [6.07, 6.45) is 0. The number of halogens is 1. The summed E-state index contributed by atoms with van der Waals surface area (Å²) in [6.45, 7) is 5.43. The van der Waals surface area contributed by atoms with Crippen LogP contribution >= 0.6 is 11.6 Å². The lowest BCUT2D eigenvalue weighted by atomic mass is 10.1.